The van der Waals surface area contributed by atoms with Crippen molar-refractivity contribution in [3.8, 4) is 0 Å². The van der Waals surface area contributed by atoms with Crippen LogP contribution in [0.1, 0.15) is 24.5 Å². The van der Waals surface area contributed by atoms with Gasteiger partial charge < -0.3 is 10.1 Å². The first-order valence-electron chi connectivity index (χ1n) is 7.21. The molecule has 6 heteroatoms. The SMILES string of the molecule is CNCc1cc(S(=O)(=O)N(C)C2CCOC2C)ccc1C. The molecule has 0 radical (unpaired) electrons. The average Bonchev–Trinajstić information content (AvgIpc) is 2.86. The molecule has 1 aliphatic rings. The van der Waals surface area contributed by atoms with Crippen molar-refractivity contribution < 1.29 is 13.2 Å². The summed E-state index contributed by atoms with van der Waals surface area (Å²) in [5.41, 5.74) is 2.09. The zero-order chi connectivity index (χ0) is 15.6. The number of benzene rings is 1. The normalized spacial score (nSPS) is 22.9. The molecule has 0 bridgehead atoms. The molecule has 0 aromatic heterocycles. The molecule has 1 N–H and O–H groups in total. The van der Waals surface area contributed by atoms with Crippen molar-refractivity contribution in [1.29, 1.82) is 0 Å². The van der Waals surface area contributed by atoms with Gasteiger partial charge in [0.2, 0.25) is 10.0 Å². The van der Waals surface area contributed by atoms with Crippen molar-refractivity contribution in [3.63, 3.8) is 0 Å². The summed E-state index contributed by atoms with van der Waals surface area (Å²) in [6.07, 6.45) is 0.679. The van der Waals surface area contributed by atoms with Gasteiger partial charge in [0.15, 0.2) is 0 Å². The summed E-state index contributed by atoms with van der Waals surface area (Å²) < 4.78 is 32.5. The largest absolute Gasteiger partial charge is 0.377 e. The van der Waals surface area contributed by atoms with E-state index in [1.54, 1.807) is 19.2 Å². The minimum atomic E-state index is -3.49. The second-order valence-electron chi connectivity index (χ2n) is 5.57. The Balaban J connectivity index is 2.32. The summed E-state index contributed by atoms with van der Waals surface area (Å²) in [4.78, 5) is 0.347. The molecule has 1 aromatic carbocycles. The summed E-state index contributed by atoms with van der Waals surface area (Å²) in [5, 5.41) is 3.07. The quantitative estimate of drug-likeness (QED) is 0.895. The lowest BCUT2D eigenvalue weighted by Crippen LogP contribution is -2.40. The summed E-state index contributed by atoms with van der Waals surface area (Å²) in [7, 11) is 0.00578. The molecular formula is C15H24N2O3S. The Morgan fingerprint density at radius 1 is 1.43 bits per heavy atom. The number of sulfonamides is 1. The number of ether oxygens (including phenoxy) is 1. The molecule has 1 heterocycles. The number of aryl methyl sites for hydroxylation is 1. The highest BCUT2D eigenvalue weighted by atomic mass is 32.2. The fourth-order valence-electron chi connectivity index (χ4n) is 2.73. The van der Waals surface area contributed by atoms with Crippen molar-refractivity contribution in [2.75, 3.05) is 20.7 Å². The van der Waals surface area contributed by atoms with Gasteiger partial charge in [-0.1, -0.05) is 6.07 Å². The first-order chi connectivity index (χ1) is 9.87. The second-order valence-corrected chi connectivity index (χ2v) is 7.57. The van der Waals surface area contributed by atoms with Gasteiger partial charge in [0.25, 0.3) is 0 Å². The molecule has 5 nitrogen and oxygen atoms in total. The maximum atomic E-state index is 12.8. The molecule has 21 heavy (non-hydrogen) atoms. The number of likely N-dealkylation sites (N-methyl/N-ethyl adjacent to an activating group) is 1. The van der Waals surface area contributed by atoms with E-state index < -0.39 is 10.0 Å². The van der Waals surface area contributed by atoms with Gasteiger partial charge in [-0.2, -0.15) is 4.31 Å². The molecule has 0 amide bonds. The van der Waals surface area contributed by atoms with Crippen LogP contribution in [-0.2, 0) is 21.3 Å². The van der Waals surface area contributed by atoms with Crippen molar-refractivity contribution in [1.82, 2.24) is 9.62 Å². The van der Waals surface area contributed by atoms with Gasteiger partial charge in [-0.05, 0) is 50.6 Å². The Bertz CT molecular complexity index is 601. The van der Waals surface area contributed by atoms with Gasteiger partial charge in [-0.3, -0.25) is 0 Å². The van der Waals surface area contributed by atoms with Gasteiger partial charge in [-0.25, -0.2) is 8.42 Å². The lowest BCUT2D eigenvalue weighted by molar-refractivity contribution is 0.102. The Hall–Kier alpha value is -0.950. The molecule has 0 spiro atoms. The molecule has 1 fully saturated rings. The van der Waals surface area contributed by atoms with E-state index in [9.17, 15) is 8.42 Å². The van der Waals surface area contributed by atoms with Crippen molar-refractivity contribution in [2.24, 2.45) is 0 Å². The lowest BCUT2D eigenvalue weighted by atomic mass is 10.1. The standard InChI is InChI=1S/C15H24N2O3S/c1-11-5-6-14(9-13(11)10-16-3)21(18,19)17(4)15-7-8-20-12(15)2/h5-6,9,12,15-16H,7-8,10H2,1-4H3. The third kappa shape index (κ3) is 3.29. The maximum Gasteiger partial charge on any atom is 0.243 e. The van der Waals surface area contributed by atoms with Crippen LogP contribution in [0.5, 0.6) is 0 Å². The van der Waals surface area contributed by atoms with E-state index in [-0.39, 0.29) is 12.1 Å². The number of hydrogen-bond donors (Lipinski definition) is 1. The molecule has 2 rings (SSSR count). The van der Waals surface area contributed by atoms with Crippen LogP contribution in [0.15, 0.2) is 23.1 Å². The van der Waals surface area contributed by atoms with Crippen LogP contribution in [-0.4, -0.2) is 45.6 Å². The molecule has 2 atom stereocenters. The highest BCUT2D eigenvalue weighted by Gasteiger charge is 2.35. The van der Waals surface area contributed by atoms with Crippen molar-refractivity contribution in [3.05, 3.63) is 29.3 Å². The van der Waals surface area contributed by atoms with E-state index in [2.05, 4.69) is 5.32 Å². The molecule has 1 aliphatic heterocycles. The minimum absolute atomic E-state index is 0.0630. The van der Waals surface area contributed by atoms with Gasteiger partial charge in [0.05, 0.1) is 17.0 Å². The van der Waals surface area contributed by atoms with Crippen LogP contribution in [0.25, 0.3) is 0 Å². The second kappa shape index (κ2) is 6.44. The molecule has 1 saturated heterocycles. The summed E-state index contributed by atoms with van der Waals surface area (Å²) in [6, 6.07) is 5.21. The van der Waals surface area contributed by atoms with E-state index >= 15 is 0 Å². The van der Waals surface area contributed by atoms with Crippen LogP contribution < -0.4 is 5.32 Å². The van der Waals surface area contributed by atoms with Gasteiger partial charge in [0.1, 0.15) is 0 Å². The topological polar surface area (TPSA) is 58.6 Å². The number of hydrogen-bond acceptors (Lipinski definition) is 4. The first-order valence-corrected chi connectivity index (χ1v) is 8.65. The Kier molecular flexibility index (Phi) is 5.03. The van der Waals surface area contributed by atoms with E-state index in [1.807, 2.05) is 27.0 Å². The highest BCUT2D eigenvalue weighted by molar-refractivity contribution is 7.89. The molecule has 1 aromatic rings. The van der Waals surface area contributed by atoms with Crippen LogP contribution in [0.4, 0.5) is 0 Å². The summed E-state index contributed by atoms with van der Waals surface area (Å²) in [6.45, 7) is 5.18. The zero-order valence-electron chi connectivity index (χ0n) is 13.1. The summed E-state index contributed by atoms with van der Waals surface area (Å²) in [5.74, 6) is 0. The van der Waals surface area contributed by atoms with Crippen molar-refractivity contribution in [2.45, 2.75) is 43.9 Å². The zero-order valence-corrected chi connectivity index (χ0v) is 13.9. The monoisotopic (exact) mass is 312 g/mol. The van der Waals surface area contributed by atoms with Crippen LogP contribution in [0.3, 0.4) is 0 Å². The molecule has 0 aliphatic carbocycles. The molecule has 118 valence electrons. The highest BCUT2D eigenvalue weighted by Crippen LogP contribution is 2.25. The Morgan fingerprint density at radius 3 is 2.71 bits per heavy atom. The number of nitrogens with one attached hydrogen (secondary N) is 1. The lowest BCUT2D eigenvalue weighted by Gasteiger charge is -2.26. The third-order valence-electron chi connectivity index (χ3n) is 4.17. The predicted molar refractivity (Wildman–Crippen MR) is 82.7 cm³/mol. The van der Waals surface area contributed by atoms with E-state index in [0.717, 1.165) is 17.5 Å². The average molecular weight is 312 g/mol. The number of rotatable bonds is 5. The van der Waals surface area contributed by atoms with Gasteiger partial charge in [-0.15, -0.1) is 0 Å². The van der Waals surface area contributed by atoms with E-state index in [0.29, 0.717) is 18.0 Å². The van der Waals surface area contributed by atoms with Crippen LogP contribution in [0.2, 0.25) is 0 Å². The van der Waals surface area contributed by atoms with Gasteiger partial charge >= 0.3 is 0 Å². The van der Waals surface area contributed by atoms with Gasteiger partial charge in [0, 0.05) is 20.2 Å². The predicted octanol–water partition coefficient (Wildman–Crippen LogP) is 1.51. The molecular weight excluding hydrogens is 288 g/mol. The Labute approximate surface area is 127 Å². The molecule has 2 unspecified atom stereocenters. The minimum Gasteiger partial charge on any atom is -0.377 e. The molecule has 0 saturated carbocycles. The maximum absolute atomic E-state index is 12.8. The number of nitrogens with zero attached hydrogens (tertiary/aromatic N) is 1. The fraction of sp³-hybridized carbons (Fsp3) is 0.600. The van der Waals surface area contributed by atoms with Crippen LogP contribution >= 0.6 is 0 Å². The smallest absolute Gasteiger partial charge is 0.243 e. The van der Waals surface area contributed by atoms with E-state index in [1.165, 1.54) is 4.31 Å². The fourth-order valence-corrected chi connectivity index (χ4v) is 4.23. The van der Waals surface area contributed by atoms with Crippen molar-refractivity contribution >= 4 is 10.0 Å². The Morgan fingerprint density at radius 2 is 2.14 bits per heavy atom. The third-order valence-corrected chi connectivity index (χ3v) is 6.05. The van der Waals surface area contributed by atoms with Crippen LogP contribution in [0, 0.1) is 6.92 Å². The summed E-state index contributed by atoms with van der Waals surface area (Å²) >= 11 is 0. The van der Waals surface area contributed by atoms with E-state index in [4.69, 9.17) is 4.74 Å². The first kappa shape index (κ1) is 16.4.